The Morgan fingerprint density at radius 1 is 0.327 bits per heavy atom. The van der Waals surface area contributed by atoms with Gasteiger partial charge in [-0.2, -0.15) is 0 Å². The molecule has 11 rings (SSSR count). The number of rotatable bonds is 5. The van der Waals surface area contributed by atoms with Gasteiger partial charge in [0.1, 0.15) is 0 Å². The highest BCUT2D eigenvalue weighted by atomic mass is 15.0. The molecule has 0 saturated carbocycles. The second kappa shape index (κ2) is 12.6. The normalized spacial score (nSPS) is 11.6. The van der Waals surface area contributed by atoms with Crippen molar-refractivity contribution >= 4 is 54.1 Å². The molecule has 0 atom stereocenters. The second-order valence-corrected chi connectivity index (χ2v) is 14.1. The third-order valence-electron chi connectivity index (χ3n) is 11.0. The van der Waals surface area contributed by atoms with Gasteiger partial charge in [-0.25, -0.2) is 9.97 Å². The van der Waals surface area contributed by atoms with Crippen molar-refractivity contribution in [2.24, 2.45) is 0 Å². The molecule has 0 fully saturated rings. The third kappa shape index (κ3) is 5.05. The zero-order chi connectivity index (χ0) is 36.3. The van der Waals surface area contributed by atoms with Crippen LogP contribution in [0.25, 0.3) is 105 Å². The topological polar surface area (TPSA) is 30.7 Å². The first kappa shape index (κ1) is 31.2. The predicted molar refractivity (Wildman–Crippen MR) is 231 cm³/mol. The molecule has 0 radical (unpaired) electrons. The van der Waals surface area contributed by atoms with Crippen molar-refractivity contribution in [3.8, 4) is 50.7 Å². The summed E-state index contributed by atoms with van der Waals surface area (Å²) in [5.41, 5.74) is 10.8. The molecule has 0 saturated heterocycles. The molecule has 0 aliphatic heterocycles. The van der Waals surface area contributed by atoms with Gasteiger partial charge in [-0.1, -0.05) is 170 Å². The van der Waals surface area contributed by atoms with Crippen molar-refractivity contribution < 1.29 is 0 Å². The van der Waals surface area contributed by atoms with E-state index in [1.807, 2.05) is 12.1 Å². The highest BCUT2D eigenvalue weighted by Gasteiger charge is 2.22. The maximum absolute atomic E-state index is 5.38. The summed E-state index contributed by atoms with van der Waals surface area (Å²) in [6, 6.07) is 71.4. The minimum absolute atomic E-state index is 0.700. The molecular weight excluding hydrogens is 667 g/mol. The van der Waals surface area contributed by atoms with Crippen LogP contribution in [0.4, 0.5) is 0 Å². The minimum atomic E-state index is 0.700. The van der Waals surface area contributed by atoms with E-state index < -0.39 is 0 Å². The van der Waals surface area contributed by atoms with E-state index >= 15 is 0 Å². The molecule has 0 N–H and O–H groups in total. The lowest BCUT2D eigenvalue weighted by Crippen LogP contribution is -1.97. The number of nitrogens with zero attached hydrogens (tertiary/aromatic N) is 3. The van der Waals surface area contributed by atoms with E-state index in [0.29, 0.717) is 5.82 Å². The molecule has 3 heteroatoms. The maximum atomic E-state index is 5.38. The predicted octanol–water partition coefficient (Wildman–Crippen LogP) is 13.7. The van der Waals surface area contributed by atoms with Gasteiger partial charge in [0.25, 0.3) is 0 Å². The smallest absolute Gasteiger partial charge is 0.160 e. The van der Waals surface area contributed by atoms with Gasteiger partial charge in [-0.05, 0) is 63.0 Å². The lowest BCUT2D eigenvalue weighted by atomic mass is 9.89. The first-order chi connectivity index (χ1) is 27.3. The lowest BCUT2D eigenvalue weighted by molar-refractivity contribution is 1.19. The van der Waals surface area contributed by atoms with Crippen LogP contribution in [0.1, 0.15) is 0 Å². The first-order valence-corrected chi connectivity index (χ1v) is 18.8. The van der Waals surface area contributed by atoms with Crippen LogP contribution in [0.15, 0.2) is 200 Å². The fourth-order valence-corrected chi connectivity index (χ4v) is 8.50. The summed E-state index contributed by atoms with van der Waals surface area (Å²) in [5.74, 6) is 0.700. The van der Waals surface area contributed by atoms with Crippen LogP contribution < -0.4 is 0 Å². The molecule has 0 aliphatic carbocycles. The number of aromatic nitrogens is 3. The van der Waals surface area contributed by atoms with Gasteiger partial charge >= 0.3 is 0 Å². The summed E-state index contributed by atoms with van der Waals surface area (Å²) < 4.78 is 2.45. The molecule has 256 valence electrons. The highest BCUT2D eigenvalue weighted by molar-refractivity contribution is 6.37. The zero-order valence-corrected chi connectivity index (χ0v) is 29.9. The van der Waals surface area contributed by atoms with Gasteiger partial charge in [0.05, 0.1) is 22.4 Å². The molecular formula is C52H33N3. The molecule has 0 amide bonds. The van der Waals surface area contributed by atoms with Crippen LogP contribution in [0, 0.1) is 0 Å². The molecule has 0 spiro atoms. The van der Waals surface area contributed by atoms with Crippen LogP contribution in [0.3, 0.4) is 0 Å². The number of fused-ring (bicyclic) bond motifs is 10. The Morgan fingerprint density at radius 2 is 0.855 bits per heavy atom. The van der Waals surface area contributed by atoms with Crippen molar-refractivity contribution in [2.45, 2.75) is 0 Å². The molecule has 0 bridgehead atoms. The number of para-hydroxylation sites is 2. The average molecular weight is 700 g/mol. The summed E-state index contributed by atoms with van der Waals surface area (Å²) >= 11 is 0. The van der Waals surface area contributed by atoms with Crippen LogP contribution in [0.2, 0.25) is 0 Å². The number of hydrogen-bond donors (Lipinski definition) is 0. The van der Waals surface area contributed by atoms with Crippen molar-refractivity contribution in [1.82, 2.24) is 14.5 Å². The molecule has 0 unspecified atom stereocenters. The zero-order valence-electron chi connectivity index (χ0n) is 29.9. The fourth-order valence-electron chi connectivity index (χ4n) is 8.50. The quantitative estimate of drug-likeness (QED) is 0.167. The van der Waals surface area contributed by atoms with Crippen molar-refractivity contribution in [3.05, 3.63) is 200 Å². The van der Waals surface area contributed by atoms with E-state index in [0.717, 1.165) is 44.7 Å². The van der Waals surface area contributed by atoms with Gasteiger partial charge in [0, 0.05) is 43.9 Å². The Balaban J connectivity index is 1.23. The van der Waals surface area contributed by atoms with Gasteiger partial charge in [0.15, 0.2) is 5.82 Å². The van der Waals surface area contributed by atoms with E-state index in [1.54, 1.807) is 0 Å². The van der Waals surface area contributed by atoms with E-state index in [9.17, 15) is 0 Å². The van der Waals surface area contributed by atoms with Crippen LogP contribution >= 0.6 is 0 Å². The maximum Gasteiger partial charge on any atom is 0.160 e. The summed E-state index contributed by atoms with van der Waals surface area (Å²) in [5, 5.41) is 9.77. The summed E-state index contributed by atoms with van der Waals surface area (Å²) in [6.45, 7) is 0. The lowest BCUT2D eigenvalue weighted by Gasteiger charge is -2.17. The molecule has 9 aromatic carbocycles. The van der Waals surface area contributed by atoms with E-state index in [4.69, 9.17) is 9.97 Å². The summed E-state index contributed by atoms with van der Waals surface area (Å²) in [4.78, 5) is 10.6. The highest BCUT2D eigenvalue weighted by Crippen LogP contribution is 2.47. The summed E-state index contributed by atoms with van der Waals surface area (Å²) in [6.07, 6.45) is 0. The monoisotopic (exact) mass is 699 g/mol. The molecule has 3 nitrogen and oxygen atoms in total. The average Bonchev–Trinajstić information content (AvgIpc) is 3.62. The van der Waals surface area contributed by atoms with E-state index in [-0.39, 0.29) is 0 Å². The van der Waals surface area contributed by atoms with Crippen LogP contribution in [-0.2, 0) is 0 Å². The van der Waals surface area contributed by atoms with Crippen molar-refractivity contribution in [2.75, 3.05) is 0 Å². The first-order valence-electron chi connectivity index (χ1n) is 18.8. The Bertz CT molecular complexity index is 3220. The largest absolute Gasteiger partial charge is 0.309 e. The van der Waals surface area contributed by atoms with Gasteiger partial charge in [-0.3, -0.25) is 0 Å². The third-order valence-corrected chi connectivity index (χ3v) is 11.0. The van der Waals surface area contributed by atoms with Crippen LogP contribution in [0.5, 0.6) is 0 Å². The van der Waals surface area contributed by atoms with E-state index in [1.165, 1.54) is 54.3 Å². The molecule has 2 heterocycles. The number of benzene rings is 9. The molecule has 2 aromatic heterocycles. The molecule has 0 aliphatic rings. The molecule has 55 heavy (non-hydrogen) atoms. The Kier molecular flexibility index (Phi) is 7.17. The van der Waals surface area contributed by atoms with Gasteiger partial charge < -0.3 is 4.57 Å². The second-order valence-electron chi connectivity index (χ2n) is 14.1. The minimum Gasteiger partial charge on any atom is -0.309 e. The SMILES string of the molecule is c1ccc(-c2ccc(-c3nc(-c4ccccc4)cc(-c4cc5c6ccccc6c6c(c7ccccc7n6-c6ccccc6)c5c5ccccc45)n3)cc2)cc1. The van der Waals surface area contributed by atoms with E-state index in [2.05, 4.69) is 193 Å². The molecule has 11 aromatic rings. The van der Waals surface area contributed by atoms with Gasteiger partial charge in [0.2, 0.25) is 0 Å². The van der Waals surface area contributed by atoms with Crippen molar-refractivity contribution in [1.29, 1.82) is 0 Å². The van der Waals surface area contributed by atoms with Crippen molar-refractivity contribution in [3.63, 3.8) is 0 Å². The standard InChI is InChI=1S/C52H33N3/c1-4-16-34(17-5-1)35-28-30-37(31-29-35)52-53-46(36-18-6-2-7-19-36)33-47(54-52)44-32-45-40-23-11-13-25-42(40)51-50(49(45)41-24-12-10-22-39(41)44)43-26-14-15-27-48(43)55(51)38-20-8-3-9-21-38/h1-33H. The number of hydrogen-bond acceptors (Lipinski definition) is 2. The van der Waals surface area contributed by atoms with Crippen LogP contribution in [-0.4, -0.2) is 14.5 Å². The fraction of sp³-hybridized carbons (Fsp3) is 0. The van der Waals surface area contributed by atoms with Gasteiger partial charge in [-0.15, -0.1) is 0 Å². The Morgan fingerprint density at radius 3 is 1.58 bits per heavy atom. The Labute approximate surface area is 318 Å². The summed E-state index contributed by atoms with van der Waals surface area (Å²) in [7, 11) is 0. The Hall–Kier alpha value is -7.36.